The summed E-state index contributed by atoms with van der Waals surface area (Å²) >= 11 is 12.3. The molecule has 6 heteroatoms. The van der Waals surface area contributed by atoms with E-state index in [0.29, 0.717) is 28.8 Å². The first-order chi connectivity index (χ1) is 18.5. The minimum Gasteiger partial charge on any atom is -0.494 e. The van der Waals surface area contributed by atoms with Crippen LogP contribution in [0.3, 0.4) is 0 Å². The van der Waals surface area contributed by atoms with E-state index in [4.69, 9.17) is 39.1 Å². The molecular formula is C32H27Cl2NO3. The van der Waals surface area contributed by atoms with Crippen molar-refractivity contribution >= 4 is 40.1 Å². The lowest BCUT2D eigenvalue weighted by atomic mass is 9.92. The molecule has 3 aromatic carbocycles. The number of fused-ring (bicyclic) bond motifs is 3. The van der Waals surface area contributed by atoms with Gasteiger partial charge < -0.3 is 14.5 Å². The van der Waals surface area contributed by atoms with Gasteiger partial charge in [-0.3, -0.25) is 4.79 Å². The number of esters is 1. The Morgan fingerprint density at radius 1 is 0.974 bits per heavy atom. The number of ether oxygens (including phenoxy) is 2. The summed E-state index contributed by atoms with van der Waals surface area (Å²) in [7, 11) is 0. The molecular weight excluding hydrogens is 517 g/mol. The van der Waals surface area contributed by atoms with Crippen LogP contribution in [0.25, 0.3) is 10.9 Å². The van der Waals surface area contributed by atoms with E-state index in [9.17, 15) is 4.79 Å². The molecule has 38 heavy (non-hydrogen) atoms. The second-order valence-corrected chi connectivity index (χ2v) is 10.2. The number of halogens is 2. The van der Waals surface area contributed by atoms with Crippen LogP contribution in [0.15, 0.2) is 78.4 Å². The maximum absolute atomic E-state index is 12.8. The highest BCUT2D eigenvalue weighted by Gasteiger charge is 2.25. The average molecular weight is 544 g/mol. The van der Waals surface area contributed by atoms with Gasteiger partial charge in [0, 0.05) is 39.0 Å². The van der Waals surface area contributed by atoms with Crippen LogP contribution in [0.4, 0.5) is 0 Å². The van der Waals surface area contributed by atoms with Crippen molar-refractivity contribution in [2.24, 2.45) is 0 Å². The van der Waals surface area contributed by atoms with Gasteiger partial charge in [0.15, 0.2) is 0 Å². The number of terminal acetylenes is 1. The number of aromatic amines is 1. The molecule has 0 bridgehead atoms. The standard InChI is InChI=1S/C32H27Cl2NO3/c1-2-3-4-17-37-25-11-6-22(7-12-25)28-18-21(19-31(36)38-26-13-8-23(33)9-14-26)5-15-27-29-20-24(34)10-16-30(29)35-32(27)28/h1,6-14,16,18,20,28,35H,3-5,15,17,19H2. The molecule has 192 valence electrons. The predicted molar refractivity (Wildman–Crippen MR) is 153 cm³/mol. The Labute approximate surface area is 232 Å². The summed E-state index contributed by atoms with van der Waals surface area (Å²) in [6, 6.07) is 20.9. The van der Waals surface area contributed by atoms with Crippen molar-refractivity contribution < 1.29 is 14.3 Å². The molecule has 0 radical (unpaired) electrons. The normalized spacial score (nSPS) is 14.8. The molecule has 1 unspecified atom stereocenters. The summed E-state index contributed by atoms with van der Waals surface area (Å²) in [6.07, 6.45) is 10.8. The molecule has 0 amide bonds. The Morgan fingerprint density at radius 3 is 2.47 bits per heavy atom. The highest BCUT2D eigenvalue weighted by atomic mass is 35.5. The average Bonchev–Trinajstić information content (AvgIpc) is 3.17. The molecule has 1 atom stereocenters. The molecule has 1 aliphatic rings. The number of rotatable bonds is 8. The first kappa shape index (κ1) is 26.0. The maximum Gasteiger partial charge on any atom is 0.315 e. The Kier molecular flexibility index (Phi) is 8.08. The van der Waals surface area contributed by atoms with E-state index in [1.54, 1.807) is 24.3 Å². The van der Waals surface area contributed by atoms with Crippen molar-refractivity contribution in [3.63, 3.8) is 0 Å². The zero-order chi connectivity index (χ0) is 26.5. The number of hydrogen-bond acceptors (Lipinski definition) is 3. The van der Waals surface area contributed by atoms with Gasteiger partial charge in [0.1, 0.15) is 11.5 Å². The molecule has 1 aliphatic carbocycles. The molecule has 0 aliphatic heterocycles. The van der Waals surface area contributed by atoms with Crippen molar-refractivity contribution in [1.29, 1.82) is 0 Å². The molecule has 1 N–H and O–H groups in total. The van der Waals surface area contributed by atoms with Crippen LogP contribution in [0.2, 0.25) is 10.0 Å². The number of H-pyrrole nitrogens is 1. The third-order valence-corrected chi connectivity index (χ3v) is 7.19. The van der Waals surface area contributed by atoms with Crippen LogP contribution in [0, 0.1) is 12.3 Å². The fourth-order valence-electron chi connectivity index (χ4n) is 4.86. The second kappa shape index (κ2) is 11.8. The van der Waals surface area contributed by atoms with Crippen molar-refractivity contribution in [3.8, 4) is 23.8 Å². The lowest BCUT2D eigenvalue weighted by Gasteiger charge is -2.15. The molecule has 0 fully saturated rings. The summed E-state index contributed by atoms with van der Waals surface area (Å²) in [5.74, 6) is 3.56. The monoisotopic (exact) mass is 543 g/mol. The van der Waals surface area contributed by atoms with Gasteiger partial charge in [-0.25, -0.2) is 0 Å². The van der Waals surface area contributed by atoms with E-state index >= 15 is 0 Å². The third kappa shape index (κ3) is 6.07. The number of aromatic nitrogens is 1. The first-order valence-corrected chi connectivity index (χ1v) is 13.4. The van der Waals surface area contributed by atoms with Crippen LogP contribution in [-0.4, -0.2) is 17.6 Å². The van der Waals surface area contributed by atoms with Crippen molar-refractivity contribution in [1.82, 2.24) is 4.98 Å². The Balaban J connectivity index is 1.43. The molecule has 0 saturated heterocycles. The summed E-state index contributed by atoms with van der Waals surface area (Å²) in [6.45, 7) is 0.583. The number of nitrogens with one attached hydrogen (secondary N) is 1. The van der Waals surface area contributed by atoms with E-state index < -0.39 is 0 Å². The fourth-order valence-corrected chi connectivity index (χ4v) is 5.16. The van der Waals surface area contributed by atoms with Crippen molar-refractivity contribution in [2.45, 2.75) is 38.0 Å². The van der Waals surface area contributed by atoms with Crippen LogP contribution >= 0.6 is 23.2 Å². The number of hydrogen-bond donors (Lipinski definition) is 1. The van der Waals surface area contributed by atoms with Gasteiger partial charge >= 0.3 is 5.97 Å². The molecule has 0 saturated carbocycles. The SMILES string of the molecule is C#CCCCOc1ccc(C2C=C(CC(=O)Oc3ccc(Cl)cc3)CCc3c2[nH]c2ccc(Cl)cc32)cc1. The van der Waals surface area contributed by atoms with Gasteiger partial charge in [-0.05, 0) is 85.0 Å². The summed E-state index contributed by atoms with van der Waals surface area (Å²) in [4.78, 5) is 16.5. The molecule has 4 nitrogen and oxygen atoms in total. The van der Waals surface area contributed by atoms with Crippen LogP contribution in [0.5, 0.6) is 11.5 Å². The summed E-state index contributed by atoms with van der Waals surface area (Å²) in [5, 5.41) is 2.41. The Morgan fingerprint density at radius 2 is 1.71 bits per heavy atom. The van der Waals surface area contributed by atoms with Crippen molar-refractivity contribution in [3.05, 3.63) is 105 Å². The second-order valence-electron chi connectivity index (χ2n) is 9.34. The minimum atomic E-state index is -0.300. The smallest absolute Gasteiger partial charge is 0.315 e. The topological polar surface area (TPSA) is 51.3 Å². The van der Waals surface area contributed by atoms with Gasteiger partial charge in [0.2, 0.25) is 0 Å². The highest BCUT2D eigenvalue weighted by molar-refractivity contribution is 6.31. The van der Waals surface area contributed by atoms with Gasteiger partial charge in [-0.2, -0.15) is 0 Å². The molecule has 5 rings (SSSR count). The summed E-state index contributed by atoms with van der Waals surface area (Å²) in [5.41, 5.74) is 5.52. The van der Waals surface area contributed by atoms with E-state index in [2.05, 4.69) is 29.1 Å². The molecule has 4 aromatic rings. The largest absolute Gasteiger partial charge is 0.494 e. The van der Waals surface area contributed by atoms with Gasteiger partial charge in [0.25, 0.3) is 0 Å². The third-order valence-electron chi connectivity index (χ3n) is 6.70. The van der Waals surface area contributed by atoms with Gasteiger partial charge in [0.05, 0.1) is 13.0 Å². The van der Waals surface area contributed by atoms with Crippen molar-refractivity contribution in [2.75, 3.05) is 6.61 Å². The number of allylic oxidation sites excluding steroid dienone is 1. The Bertz CT molecular complexity index is 1510. The number of carbonyl (C=O) groups is 1. The van der Waals surface area contributed by atoms with Gasteiger partial charge in [-0.1, -0.05) is 47.0 Å². The number of unbranched alkanes of at least 4 members (excludes halogenated alkanes) is 1. The highest BCUT2D eigenvalue weighted by Crippen LogP contribution is 2.39. The maximum atomic E-state index is 12.8. The van der Waals surface area contributed by atoms with E-state index in [1.165, 1.54) is 5.56 Å². The predicted octanol–water partition coefficient (Wildman–Crippen LogP) is 8.27. The quantitative estimate of drug-likeness (QED) is 0.0799. The van der Waals surface area contributed by atoms with E-state index in [0.717, 1.165) is 52.7 Å². The lowest BCUT2D eigenvalue weighted by Crippen LogP contribution is -2.09. The fraction of sp³-hybridized carbons (Fsp3) is 0.219. The van der Waals surface area contributed by atoms with Crippen LogP contribution < -0.4 is 9.47 Å². The van der Waals surface area contributed by atoms with E-state index in [1.807, 2.05) is 30.3 Å². The van der Waals surface area contributed by atoms with Crippen LogP contribution in [-0.2, 0) is 11.2 Å². The molecule has 0 spiro atoms. The summed E-state index contributed by atoms with van der Waals surface area (Å²) < 4.78 is 11.4. The molecule has 1 heterocycles. The zero-order valence-electron chi connectivity index (χ0n) is 20.8. The first-order valence-electron chi connectivity index (χ1n) is 12.6. The number of aryl methyl sites for hydroxylation is 1. The van der Waals surface area contributed by atoms with E-state index in [-0.39, 0.29) is 18.3 Å². The number of carbonyl (C=O) groups excluding carboxylic acids is 1. The number of benzene rings is 3. The lowest BCUT2D eigenvalue weighted by molar-refractivity contribution is -0.133. The van der Waals surface area contributed by atoms with Gasteiger partial charge in [-0.15, -0.1) is 12.3 Å². The van der Waals surface area contributed by atoms with Crippen LogP contribution in [0.1, 0.15) is 48.4 Å². The minimum absolute atomic E-state index is 0.0625. The zero-order valence-corrected chi connectivity index (χ0v) is 22.3. The Hall–Kier alpha value is -3.65. The molecule has 1 aromatic heterocycles.